The lowest BCUT2D eigenvalue weighted by atomic mass is 10.2. The van der Waals surface area contributed by atoms with Crippen molar-refractivity contribution in [3.05, 3.63) is 16.3 Å². The number of rotatable bonds is 3. The highest BCUT2D eigenvalue weighted by Gasteiger charge is 2.15. The van der Waals surface area contributed by atoms with Gasteiger partial charge in [0, 0.05) is 12.0 Å². The third kappa shape index (κ3) is 1.82. The van der Waals surface area contributed by atoms with Crippen LogP contribution in [0.2, 0.25) is 0 Å². The summed E-state index contributed by atoms with van der Waals surface area (Å²) in [4.78, 5) is 11.4. The van der Waals surface area contributed by atoms with E-state index in [1.807, 2.05) is 20.8 Å². The van der Waals surface area contributed by atoms with Crippen molar-refractivity contribution in [2.24, 2.45) is 0 Å². The highest BCUT2D eigenvalue weighted by molar-refractivity contribution is 4.94. The van der Waals surface area contributed by atoms with Gasteiger partial charge in [-0.15, -0.1) is 0 Å². The van der Waals surface area contributed by atoms with Crippen molar-refractivity contribution in [2.45, 2.75) is 46.1 Å². The van der Waals surface area contributed by atoms with E-state index in [4.69, 9.17) is 0 Å². The van der Waals surface area contributed by atoms with E-state index in [0.717, 1.165) is 12.2 Å². The number of aromatic nitrogens is 3. The van der Waals surface area contributed by atoms with Crippen LogP contribution in [0.25, 0.3) is 0 Å². The third-order valence-electron chi connectivity index (χ3n) is 2.28. The third-order valence-corrected chi connectivity index (χ3v) is 2.28. The van der Waals surface area contributed by atoms with Crippen LogP contribution in [0.3, 0.4) is 0 Å². The first-order valence-electron chi connectivity index (χ1n) is 4.74. The minimum Gasteiger partial charge on any atom is -0.276 e. The molecule has 1 rings (SSSR count). The molecule has 0 aromatic carbocycles. The van der Waals surface area contributed by atoms with Gasteiger partial charge in [0.25, 0.3) is 0 Å². The van der Waals surface area contributed by atoms with Gasteiger partial charge in [0.2, 0.25) is 0 Å². The Morgan fingerprint density at radius 2 is 2.08 bits per heavy atom. The first kappa shape index (κ1) is 10.0. The maximum atomic E-state index is 11.4. The van der Waals surface area contributed by atoms with Gasteiger partial charge in [-0.2, -0.15) is 5.10 Å². The predicted octanol–water partition coefficient (Wildman–Crippen LogP) is 1.67. The molecule has 1 heterocycles. The Kier molecular flexibility index (Phi) is 2.90. The van der Waals surface area contributed by atoms with E-state index >= 15 is 0 Å². The maximum Gasteiger partial charge on any atom is 0.343 e. The van der Waals surface area contributed by atoms with Gasteiger partial charge in [-0.05, 0) is 13.3 Å². The van der Waals surface area contributed by atoms with Crippen molar-refractivity contribution in [3.8, 4) is 0 Å². The molecular weight excluding hydrogens is 166 g/mol. The van der Waals surface area contributed by atoms with Crippen LogP contribution in [0.4, 0.5) is 0 Å². The second kappa shape index (κ2) is 3.77. The molecule has 0 saturated heterocycles. The summed E-state index contributed by atoms with van der Waals surface area (Å²) in [5.74, 6) is 1.13. The first-order chi connectivity index (χ1) is 6.07. The molecule has 0 saturated carbocycles. The van der Waals surface area contributed by atoms with Crippen LogP contribution < -0.4 is 5.69 Å². The molecule has 13 heavy (non-hydrogen) atoms. The molecule has 0 fully saturated rings. The van der Waals surface area contributed by atoms with Crippen molar-refractivity contribution in [2.75, 3.05) is 0 Å². The summed E-state index contributed by atoms with van der Waals surface area (Å²) in [5.41, 5.74) is -0.0990. The van der Waals surface area contributed by atoms with E-state index in [1.165, 1.54) is 0 Å². The van der Waals surface area contributed by atoms with Crippen molar-refractivity contribution in [1.82, 2.24) is 14.8 Å². The van der Waals surface area contributed by atoms with E-state index in [1.54, 1.807) is 4.57 Å². The standard InChI is InChI=1S/C9H17N3O/c1-5-7(4)12-8(6(2)3)10-11-9(12)13/h6-7H,5H2,1-4H3,(H,11,13). The summed E-state index contributed by atoms with van der Waals surface area (Å²) in [6, 6.07) is 0.226. The van der Waals surface area contributed by atoms with Crippen LogP contribution in [0.5, 0.6) is 0 Å². The van der Waals surface area contributed by atoms with E-state index in [2.05, 4.69) is 17.1 Å². The topological polar surface area (TPSA) is 50.7 Å². The summed E-state index contributed by atoms with van der Waals surface area (Å²) in [5, 5.41) is 6.50. The van der Waals surface area contributed by atoms with E-state index in [-0.39, 0.29) is 17.6 Å². The highest BCUT2D eigenvalue weighted by atomic mass is 16.1. The average molecular weight is 183 g/mol. The summed E-state index contributed by atoms with van der Waals surface area (Å²) in [7, 11) is 0. The van der Waals surface area contributed by atoms with Crippen molar-refractivity contribution in [1.29, 1.82) is 0 Å². The van der Waals surface area contributed by atoms with E-state index in [0.29, 0.717) is 0 Å². The Balaban J connectivity index is 3.16. The fourth-order valence-electron chi connectivity index (χ4n) is 1.33. The molecular formula is C9H17N3O. The fraction of sp³-hybridized carbons (Fsp3) is 0.778. The number of nitrogens with zero attached hydrogens (tertiary/aromatic N) is 2. The van der Waals surface area contributed by atoms with Crippen LogP contribution in [-0.2, 0) is 0 Å². The lowest BCUT2D eigenvalue weighted by molar-refractivity contribution is 0.485. The monoisotopic (exact) mass is 183 g/mol. The van der Waals surface area contributed by atoms with Crippen LogP contribution in [0.15, 0.2) is 4.79 Å². The second-order valence-electron chi connectivity index (χ2n) is 3.67. The Hall–Kier alpha value is -1.06. The molecule has 1 aromatic rings. The van der Waals surface area contributed by atoms with Crippen LogP contribution >= 0.6 is 0 Å². The summed E-state index contributed by atoms with van der Waals surface area (Å²) >= 11 is 0. The summed E-state index contributed by atoms with van der Waals surface area (Å²) in [6.45, 7) is 8.17. The molecule has 0 bridgehead atoms. The van der Waals surface area contributed by atoms with Gasteiger partial charge in [0.05, 0.1) is 0 Å². The largest absolute Gasteiger partial charge is 0.343 e. The van der Waals surface area contributed by atoms with Gasteiger partial charge in [0.1, 0.15) is 5.82 Å². The summed E-state index contributed by atoms with van der Waals surface area (Å²) < 4.78 is 1.74. The van der Waals surface area contributed by atoms with Gasteiger partial charge >= 0.3 is 5.69 Å². The van der Waals surface area contributed by atoms with Crippen molar-refractivity contribution in [3.63, 3.8) is 0 Å². The van der Waals surface area contributed by atoms with Gasteiger partial charge in [0.15, 0.2) is 0 Å². The maximum absolute atomic E-state index is 11.4. The Morgan fingerprint density at radius 1 is 1.46 bits per heavy atom. The quantitative estimate of drug-likeness (QED) is 0.774. The fourth-order valence-corrected chi connectivity index (χ4v) is 1.33. The molecule has 74 valence electrons. The molecule has 1 unspecified atom stereocenters. The molecule has 0 aliphatic carbocycles. The Labute approximate surface area is 78.0 Å². The molecule has 1 N–H and O–H groups in total. The number of aromatic amines is 1. The minimum absolute atomic E-state index is 0.0990. The van der Waals surface area contributed by atoms with Gasteiger partial charge in [-0.25, -0.2) is 9.89 Å². The molecule has 0 spiro atoms. The number of H-pyrrole nitrogens is 1. The smallest absolute Gasteiger partial charge is 0.276 e. The zero-order chi connectivity index (χ0) is 10.0. The molecule has 1 atom stereocenters. The Morgan fingerprint density at radius 3 is 2.54 bits per heavy atom. The van der Waals surface area contributed by atoms with Gasteiger partial charge in [-0.1, -0.05) is 20.8 Å². The molecule has 0 aliphatic heterocycles. The number of hydrogen-bond donors (Lipinski definition) is 1. The predicted molar refractivity (Wildman–Crippen MR) is 51.9 cm³/mol. The first-order valence-corrected chi connectivity index (χ1v) is 4.74. The van der Waals surface area contributed by atoms with Crippen LogP contribution in [-0.4, -0.2) is 14.8 Å². The zero-order valence-electron chi connectivity index (χ0n) is 8.66. The SMILES string of the molecule is CCC(C)n1c(C(C)C)n[nH]c1=O. The molecule has 0 radical (unpaired) electrons. The molecule has 4 heteroatoms. The van der Waals surface area contributed by atoms with Crippen molar-refractivity contribution >= 4 is 0 Å². The van der Waals surface area contributed by atoms with Crippen LogP contribution in [0, 0.1) is 0 Å². The summed E-state index contributed by atoms with van der Waals surface area (Å²) in [6.07, 6.45) is 0.944. The number of nitrogens with one attached hydrogen (secondary N) is 1. The Bertz CT molecular complexity index is 324. The lowest BCUT2D eigenvalue weighted by Gasteiger charge is -2.13. The van der Waals surface area contributed by atoms with Gasteiger partial charge < -0.3 is 0 Å². The molecule has 0 amide bonds. The zero-order valence-corrected chi connectivity index (χ0v) is 8.66. The molecule has 1 aromatic heterocycles. The normalized spacial score (nSPS) is 13.6. The number of hydrogen-bond acceptors (Lipinski definition) is 2. The van der Waals surface area contributed by atoms with Crippen molar-refractivity contribution < 1.29 is 0 Å². The van der Waals surface area contributed by atoms with E-state index in [9.17, 15) is 4.79 Å². The average Bonchev–Trinajstić information content (AvgIpc) is 2.46. The minimum atomic E-state index is -0.0990. The highest BCUT2D eigenvalue weighted by Crippen LogP contribution is 2.15. The molecule has 0 aliphatic rings. The van der Waals surface area contributed by atoms with Gasteiger partial charge in [-0.3, -0.25) is 4.57 Å². The van der Waals surface area contributed by atoms with E-state index < -0.39 is 0 Å². The lowest BCUT2D eigenvalue weighted by Crippen LogP contribution is -2.22. The molecule has 4 nitrogen and oxygen atoms in total. The second-order valence-corrected chi connectivity index (χ2v) is 3.67. The van der Waals surface area contributed by atoms with Crippen LogP contribution in [0.1, 0.15) is 51.9 Å².